The van der Waals surface area contributed by atoms with Crippen LogP contribution in [0.25, 0.3) is 0 Å². The zero-order valence-electron chi connectivity index (χ0n) is 22.4. The van der Waals surface area contributed by atoms with Gasteiger partial charge >= 0.3 is 0 Å². The van der Waals surface area contributed by atoms with Crippen LogP contribution in [0.15, 0.2) is 36.4 Å². The number of hydrogen-bond donors (Lipinski definition) is 0. The topological polar surface area (TPSA) is 73.2 Å². The van der Waals surface area contributed by atoms with E-state index < -0.39 is 5.41 Å². The summed E-state index contributed by atoms with van der Waals surface area (Å²) >= 11 is 0. The predicted molar refractivity (Wildman–Crippen MR) is 138 cm³/mol. The van der Waals surface area contributed by atoms with Gasteiger partial charge in [-0.3, -0.25) is 0 Å². The van der Waals surface area contributed by atoms with E-state index >= 15 is 0 Å². The van der Waals surface area contributed by atoms with Crippen molar-refractivity contribution in [3.05, 3.63) is 47.5 Å². The van der Waals surface area contributed by atoms with Crippen molar-refractivity contribution >= 4 is 0 Å². The van der Waals surface area contributed by atoms with Gasteiger partial charge in [0.25, 0.3) is 0 Å². The van der Waals surface area contributed by atoms with Crippen LogP contribution in [0.4, 0.5) is 0 Å². The van der Waals surface area contributed by atoms with Gasteiger partial charge in [0, 0.05) is 20.2 Å². The first-order valence-electron chi connectivity index (χ1n) is 11.9. The van der Waals surface area contributed by atoms with Gasteiger partial charge in [-0.1, -0.05) is 26.0 Å². The molecule has 2 rings (SSSR count). The average Bonchev–Trinajstić information content (AvgIpc) is 2.88. The second-order valence-electron chi connectivity index (χ2n) is 8.96. The van der Waals surface area contributed by atoms with Gasteiger partial charge in [-0.25, -0.2) is 0 Å². The molecule has 0 aromatic heterocycles. The molecule has 0 amide bonds. The smallest absolute Gasteiger partial charge is 0.161 e. The summed E-state index contributed by atoms with van der Waals surface area (Å²) in [4.78, 5) is 2.26. The van der Waals surface area contributed by atoms with Crippen molar-refractivity contribution in [3.8, 4) is 29.1 Å². The van der Waals surface area contributed by atoms with Crippen molar-refractivity contribution in [2.75, 3.05) is 55.7 Å². The third-order valence-corrected chi connectivity index (χ3v) is 6.75. The van der Waals surface area contributed by atoms with Crippen molar-refractivity contribution < 1.29 is 23.7 Å². The largest absolute Gasteiger partial charge is 0.493 e. The third-order valence-electron chi connectivity index (χ3n) is 6.75. The van der Waals surface area contributed by atoms with E-state index in [0.717, 1.165) is 36.6 Å². The molecule has 35 heavy (non-hydrogen) atoms. The molecule has 2 unspecified atom stereocenters. The van der Waals surface area contributed by atoms with E-state index in [1.54, 1.807) is 35.5 Å². The van der Waals surface area contributed by atoms with Crippen molar-refractivity contribution in [3.63, 3.8) is 0 Å². The first-order valence-corrected chi connectivity index (χ1v) is 11.9. The summed E-state index contributed by atoms with van der Waals surface area (Å²) < 4.78 is 27.6. The number of nitriles is 1. The molecule has 0 N–H and O–H groups in total. The Morgan fingerprint density at radius 2 is 1.40 bits per heavy atom. The van der Waals surface area contributed by atoms with Crippen molar-refractivity contribution in [2.45, 2.75) is 38.2 Å². The van der Waals surface area contributed by atoms with Crippen LogP contribution in [-0.2, 0) is 16.6 Å². The lowest BCUT2D eigenvalue weighted by Crippen LogP contribution is -2.45. The Morgan fingerprint density at radius 3 is 1.91 bits per heavy atom. The summed E-state index contributed by atoms with van der Waals surface area (Å²) in [7, 11) is 10.3. The lowest BCUT2D eigenvalue weighted by Gasteiger charge is -2.39. The average molecular weight is 485 g/mol. The van der Waals surface area contributed by atoms with E-state index in [-0.39, 0.29) is 12.0 Å². The Balaban J connectivity index is 2.16. The fraction of sp³-hybridized carbons (Fsp3) is 0.536. The molecule has 0 bridgehead atoms. The maximum atomic E-state index is 10.5. The van der Waals surface area contributed by atoms with E-state index in [4.69, 9.17) is 23.7 Å². The Hall–Kier alpha value is -2.95. The lowest BCUT2D eigenvalue weighted by molar-refractivity contribution is 0.0226. The molecule has 192 valence electrons. The second kappa shape index (κ2) is 13.2. The first kappa shape index (κ1) is 28.3. The lowest BCUT2D eigenvalue weighted by atomic mass is 9.67. The van der Waals surface area contributed by atoms with E-state index in [2.05, 4.69) is 37.9 Å². The highest BCUT2D eigenvalue weighted by Gasteiger charge is 2.44. The molecule has 0 aliphatic heterocycles. The summed E-state index contributed by atoms with van der Waals surface area (Å²) in [5.74, 6) is 2.72. The fourth-order valence-electron chi connectivity index (χ4n) is 4.59. The van der Waals surface area contributed by atoms with Gasteiger partial charge < -0.3 is 28.6 Å². The van der Waals surface area contributed by atoms with Gasteiger partial charge in [0.1, 0.15) is 5.41 Å². The number of rotatable bonds is 14. The van der Waals surface area contributed by atoms with Crippen LogP contribution in [0.5, 0.6) is 23.0 Å². The summed E-state index contributed by atoms with van der Waals surface area (Å²) in [6.07, 6.45) is 1.28. The highest BCUT2D eigenvalue weighted by Crippen LogP contribution is 2.41. The van der Waals surface area contributed by atoms with Crippen LogP contribution in [-0.4, -0.2) is 66.7 Å². The molecule has 2 aromatic carbocycles. The summed E-state index contributed by atoms with van der Waals surface area (Å²) in [6, 6.07) is 14.3. The number of ether oxygens (including phenoxy) is 5. The second-order valence-corrected chi connectivity index (χ2v) is 8.96. The third kappa shape index (κ3) is 6.39. The van der Waals surface area contributed by atoms with Crippen LogP contribution in [0, 0.1) is 17.2 Å². The Kier molecular flexibility index (Phi) is 10.7. The number of nitrogens with zero attached hydrogens (tertiary/aromatic N) is 2. The van der Waals surface area contributed by atoms with E-state index in [0.29, 0.717) is 17.9 Å². The van der Waals surface area contributed by atoms with Gasteiger partial charge in [-0.2, -0.15) is 5.26 Å². The normalized spacial score (nSPS) is 13.7. The Morgan fingerprint density at radius 1 is 0.829 bits per heavy atom. The van der Waals surface area contributed by atoms with Gasteiger partial charge in [-0.05, 0) is 61.2 Å². The van der Waals surface area contributed by atoms with E-state index in [1.165, 1.54) is 5.56 Å². The Labute approximate surface area is 210 Å². The van der Waals surface area contributed by atoms with Crippen LogP contribution in [0.1, 0.15) is 31.4 Å². The molecule has 0 radical (unpaired) electrons. The molecule has 2 aromatic rings. The zero-order valence-corrected chi connectivity index (χ0v) is 22.4. The fourth-order valence-corrected chi connectivity index (χ4v) is 4.59. The molecule has 0 aliphatic carbocycles. The minimum absolute atomic E-state index is 0.0209. The highest BCUT2D eigenvalue weighted by molar-refractivity contribution is 5.48. The summed E-state index contributed by atoms with van der Waals surface area (Å²) in [5, 5.41) is 10.5. The van der Waals surface area contributed by atoms with E-state index in [9.17, 15) is 5.26 Å². The SMILES string of the molecule is COc1ccc(CCN(C)CCC(OC)C(C#N)(c2ccc(OC)c(OC)c2)C(C)C)cc1OC. The minimum atomic E-state index is -0.835. The summed E-state index contributed by atoms with van der Waals surface area (Å²) in [6.45, 7) is 5.78. The van der Waals surface area contributed by atoms with Crippen molar-refractivity contribution in [2.24, 2.45) is 5.92 Å². The number of methoxy groups -OCH3 is 5. The van der Waals surface area contributed by atoms with Gasteiger partial charge in [0.15, 0.2) is 23.0 Å². The van der Waals surface area contributed by atoms with Gasteiger partial charge in [-0.15, -0.1) is 0 Å². The molecule has 2 atom stereocenters. The number of benzene rings is 2. The monoisotopic (exact) mass is 484 g/mol. The van der Waals surface area contributed by atoms with Crippen LogP contribution < -0.4 is 18.9 Å². The highest BCUT2D eigenvalue weighted by atomic mass is 16.5. The first-order chi connectivity index (χ1) is 16.8. The van der Waals surface area contributed by atoms with Crippen LogP contribution >= 0.6 is 0 Å². The van der Waals surface area contributed by atoms with Crippen LogP contribution in [0.2, 0.25) is 0 Å². The maximum absolute atomic E-state index is 10.5. The number of likely N-dealkylation sites (N-methyl/N-ethyl adjacent to an activating group) is 1. The van der Waals surface area contributed by atoms with Crippen molar-refractivity contribution in [1.29, 1.82) is 5.26 Å². The molecule has 7 heteroatoms. The molecule has 0 spiro atoms. The molecule has 0 aliphatic rings. The molecular formula is C28H40N2O5. The van der Waals surface area contributed by atoms with E-state index in [1.807, 2.05) is 30.3 Å². The zero-order chi connectivity index (χ0) is 26.0. The molecule has 0 saturated heterocycles. The molecular weight excluding hydrogens is 444 g/mol. The van der Waals surface area contributed by atoms with Gasteiger partial charge in [0.05, 0.1) is 40.6 Å². The molecule has 0 fully saturated rings. The molecule has 7 nitrogen and oxygen atoms in total. The maximum Gasteiger partial charge on any atom is 0.161 e. The standard InChI is InChI=1S/C28H40N2O5/c1-20(2)28(19-29,22-10-12-24(32-5)26(18-22)34-7)27(35-8)14-16-30(3)15-13-21-9-11-23(31-4)25(17-21)33-6/h9-12,17-18,20,27H,13-16H2,1-8H3. The molecule has 0 heterocycles. The minimum Gasteiger partial charge on any atom is -0.493 e. The predicted octanol–water partition coefficient (Wildman–Crippen LogP) is 4.72. The van der Waals surface area contributed by atoms with Gasteiger partial charge in [0.2, 0.25) is 0 Å². The van der Waals surface area contributed by atoms with Crippen molar-refractivity contribution in [1.82, 2.24) is 4.90 Å². The molecule has 0 saturated carbocycles. The van der Waals surface area contributed by atoms with Crippen LogP contribution in [0.3, 0.4) is 0 Å². The quantitative estimate of drug-likeness (QED) is 0.384. The number of hydrogen-bond acceptors (Lipinski definition) is 7. The summed E-state index contributed by atoms with van der Waals surface area (Å²) in [5.41, 5.74) is 1.21. The Bertz CT molecular complexity index is 988.